The predicted molar refractivity (Wildman–Crippen MR) is 90.2 cm³/mol. The first kappa shape index (κ1) is 15.4. The summed E-state index contributed by atoms with van der Waals surface area (Å²) in [5.41, 5.74) is 2.43. The first-order valence-corrected chi connectivity index (χ1v) is 7.49. The maximum Gasteiger partial charge on any atom is 0.145 e. The average molecular weight is 327 g/mol. The van der Waals surface area contributed by atoms with Crippen LogP contribution in [0.1, 0.15) is 11.6 Å². The molecule has 0 aliphatic rings. The second-order valence-electron chi connectivity index (χ2n) is 4.97. The van der Waals surface area contributed by atoms with Gasteiger partial charge in [0.25, 0.3) is 0 Å². The maximum absolute atomic E-state index is 9.63. The van der Waals surface area contributed by atoms with Crippen LogP contribution in [0, 0.1) is 0 Å². The fourth-order valence-electron chi connectivity index (χ4n) is 2.22. The van der Waals surface area contributed by atoms with Gasteiger partial charge in [-0.05, 0) is 11.6 Å². The number of hydrogen-bond donors (Lipinski definition) is 2. The van der Waals surface area contributed by atoms with Crippen molar-refractivity contribution < 1.29 is 5.11 Å². The van der Waals surface area contributed by atoms with Gasteiger partial charge < -0.3 is 10.4 Å². The maximum atomic E-state index is 9.63. The number of aliphatic hydroxyl groups is 1. The quantitative estimate of drug-likeness (QED) is 0.752. The molecule has 2 heterocycles. The molecular weight excluding hydrogens is 312 g/mol. The van der Waals surface area contributed by atoms with E-state index in [1.165, 1.54) is 0 Å². The summed E-state index contributed by atoms with van der Waals surface area (Å²) in [6.07, 6.45) is 6.51. The van der Waals surface area contributed by atoms with Crippen molar-refractivity contribution in [2.24, 2.45) is 0 Å². The summed E-state index contributed by atoms with van der Waals surface area (Å²) in [6, 6.07) is 11.2. The van der Waals surface area contributed by atoms with Gasteiger partial charge in [0.15, 0.2) is 0 Å². The Hall–Kier alpha value is -2.50. The van der Waals surface area contributed by atoms with E-state index in [9.17, 15) is 5.11 Å². The van der Waals surface area contributed by atoms with E-state index in [0.29, 0.717) is 16.5 Å². The minimum absolute atomic E-state index is 0.0470. The van der Waals surface area contributed by atoms with Gasteiger partial charge in [0, 0.05) is 18.0 Å². The predicted octanol–water partition coefficient (Wildman–Crippen LogP) is 3.34. The number of anilines is 1. The molecule has 23 heavy (non-hydrogen) atoms. The third-order valence-corrected chi connectivity index (χ3v) is 3.55. The molecule has 0 amide bonds. The van der Waals surface area contributed by atoms with Gasteiger partial charge >= 0.3 is 0 Å². The lowest BCUT2D eigenvalue weighted by Crippen LogP contribution is -2.15. The molecule has 0 saturated heterocycles. The molecule has 2 aromatic heterocycles. The summed E-state index contributed by atoms with van der Waals surface area (Å²) in [4.78, 5) is 12.8. The van der Waals surface area contributed by atoms with E-state index >= 15 is 0 Å². The molecule has 0 aliphatic carbocycles. The molecule has 0 spiro atoms. The Labute approximate surface area is 139 Å². The molecule has 116 valence electrons. The molecular formula is C17H15ClN4O. The highest BCUT2D eigenvalue weighted by atomic mass is 35.5. The summed E-state index contributed by atoms with van der Waals surface area (Å²) >= 11 is 5.96. The zero-order valence-electron chi connectivity index (χ0n) is 12.2. The Kier molecular flexibility index (Phi) is 4.80. The van der Waals surface area contributed by atoms with Crippen molar-refractivity contribution in [3.05, 3.63) is 71.8 Å². The van der Waals surface area contributed by atoms with Crippen LogP contribution in [0.25, 0.3) is 11.3 Å². The molecule has 3 rings (SSSR count). The van der Waals surface area contributed by atoms with Crippen molar-refractivity contribution in [2.45, 2.75) is 6.04 Å². The minimum Gasteiger partial charge on any atom is -0.394 e. The summed E-state index contributed by atoms with van der Waals surface area (Å²) in [7, 11) is 0. The molecule has 5 nitrogen and oxygen atoms in total. The Balaban J connectivity index is 1.85. The van der Waals surface area contributed by atoms with Crippen molar-refractivity contribution in [3.8, 4) is 11.3 Å². The Morgan fingerprint density at radius 1 is 1.04 bits per heavy atom. The van der Waals surface area contributed by atoms with Crippen molar-refractivity contribution in [1.29, 1.82) is 0 Å². The molecule has 0 radical (unpaired) electrons. The molecule has 1 atom stereocenters. The number of nitrogens with one attached hydrogen (secondary N) is 1. The van der Waals surface area contributed by atoms with Crippen molar-refractivity contribution in [3.63, 3.8) is 0 Å². The Bertz CT molecular complexity index is 782. The third-order valence-electron chi connectivity index (χ3n) is 3.34. The number of aromatic nitrogens is 3. The highest BCUT2D eigenvalue weighted by molar-refractivity contribution is 6.30. The zero-order chi connectivity index (χ0) is 16.1. The van der Waals surface area contributed by atoms with Crippen LogP contribution in [0.15, 0.2) is 61.2 Å². The van der Waals surface area contributed by atoms with Gasteiger partial charge in [0.2, 0.25) is 0 Å². The number of rotatable bonds is 5. The fraction of sp³-hybridized carbons (Fsp3) is 0.118. The molecule has 2 N–H and O–H groups in total. The lowest BCUT2D eigenvalue weighted by molar-refractivity contribution is 0.276. The number of benzene rings is 1. The first-order valence-electron chi connectivity index (χ1n) is 7.11. The number of hydrogen-bond acceptors (Lipinski definition) is 5. The SMILES string of the molecule is OC[C@H](Nc1cncc(-c2cncc(Cl)c2)n1)c1ccccc1. The van der Waals surface area contributed by atoms with E-state index in [0.717, 1.165) is 11.1 Å². The van der Waals surface area contributed by atoms with Gasteiger partial charge in [-0.15, -0.1) is 0 Å². The van der Waals surface area contributed by atoms with Crippen molar-refractivity contribution in [1.82, 2.24) is 15.0 Å². The van der Waals surface area contributed by atoms with E-state index in [1.54, 1.807) is 30.9 Å². The van der Waals surface area contributed by atoms with E-state index in [2.05, 4.69) is 20.3 Å². The van der Waals surface area contributed by atoms with Gasteiger partial charge in [0.1, 0.15) is 5.82 Å². The van der Waals surface area contributed by atoms with Gasteiger partial charge in [-0.25, -0.2) is 4.98 Å². The lowest BCUT2D eigenvalue weighted by atomic mass is 10.1. The van der Waals surface area contributed by atoms with Gasteiger partial charge in [-0.3, -0.25) is 9.97 Å². The monoisotopic (exact) mass is 326 g/mol. The largest absolute Gasteiger partial charge is 0.394 e. The lowest BCUT2D eigenvalue weighted by Gasteiger charge is -2.17. The summed E-state index contributed by atoms with van der Waals surface area (Å²) in [6.45, 7) is -0.0470. The second-order valence-corrected chi connectivity index (χ2v) is 5.41. The molecule has 0 aliphatic heterocycles. The van der Waals surface area contributed by atoms with Crippen molar-refractivity contribution in [2.75, 3.05) is 11.9 Å². The first-order chi connectivity index (χ1) is 11.3. The summed E-state index contributed by atoms with van der Waals surface area (Å²) in [5.74, 6) is 0.574. The fourth-order valence-corrected chi connectivity index (χ4v) is 2.40. The average Bonchev–Trinajstić information content (AvgIpc) is 2.61. The normalized spacial score (nSPS) is 11.9. The van der Waals surface area contributed by atoms with E-state index in [-0.39, 0.29) is 12.6 Å². The van der Waals surface area contributed by atoms with Crippen LogP contribution in [-0.2, 0) is 0 Å². The second kappa shape index (κ2) is 7.17. The molecule has 3 aromatic rings. The van der Waals surface area contributed by atoms with Crippen LogP contribution < -0.4 is 5.32 Å². The van der Waals surface area contributed by atoms with Gasteiger partial charge in [-0.1, -0.05) is 41.9 Å². The Morgan fingerprint density at radius 3 is 2.57 bits per heavy atom. The molecule has 0 unspecified atom stereocenters. The third kappa shape index (κ3) is 3.83. The van der Waals surface area contributed by atoms with Crippen LogP contribution >= 0.6 is 11.6 Å². The smallest absolute Gasteiger partial charge is 0.145 e. The standard InChI is InChI=1S/C17H15ClN4O/c18-14-6-13(7-19-8-14)15-9-20-10-17(21-15)22-16(11-23)12-4-2-1-3-5-12/h1-10,16,23H,11H2,(H,21,22)/t16-/m0/s1. The van der Waals surface area contributed by atoms with Crippen LogP contribution in [0.4, 0.5) is 5.82 Å². The van der Waals surface area contributed by atoms with Crippen molar-refractivity contribution >= 4 is 17.4 Å². The zero-order valence-corrected chi connectivity index (χ0v) is 13.0. The minimum atomic E-state index is -0.252. The van der Waals surface area contributed by atoms with Gasteiger partial charge in [-0.2, -0.15) is 0 Å². The summed E-state index contributed by atoms with van der Waals surface area (Å²) < 4.78 is 0. The van der Waals surface area contributed by atoms with E-state index in [1.807, 2.05) is 30.3 Å². The van der Waals surface area contributed by atoms with Crippen LogP contribution in [-0.4, -0.2) is 26.7 Å². The topological polar surface area (TPSA) is 70.9 Å². The van der Waals surface area contributed by atoms with Crippen LogP contribution in [0.5, 0.6) is 0 Å². The molecule has 0 saturated carbocycles. The number of pyridine rings is 1. The van der Waals surface area contributed by atoms with E-state index in [4.69, 9.17) is 11.6 Å². The van der Waals surface area contributed by atoms with Crippen LogP contribution in [0.2, 0.25) is 5.02 Å². The Morgan fingerprint density at radius 2 is 1.83 bits per heavy atom. The highest BCUT2D eigenvalue weighted by Crippen LogP contribution is 2.22. The molecule has 1 aromatic carbocycles. The molecule has 0 bridgehead atoms. The molecule has 6 heteroatoms. The van der Waals surface area contributed by atoms with Gasteiger partial charge in [0.05, 0.1) is 35.8 Å². The van der Waals surface area contributed by atoms with E-state index < -0.39 is 0 Å². The summed E-state index contributed by atoms with van der Waals surface area (Å²) in [5, 5.41) is 13.4. The highest BCUT2D eigenvalue weighted by Gasteiger charge is 2.11. The number of nitrogens with zero attached hydrogens (tertiary/aromatic N) is 3. The number of aliphatic hydroxyl groups excluding tert-OH is 1. The number of halogens is 1. The van der Waals surface area contributed by atoms with Crippen LogP contribution in [0.3, 0.4) is 0 Å². The molecule has 0 fully saturated rings.